The summed E-state index contributed by atoms with van der Waals surface area (Å²) in [5, 5.41) is 0. The first-order chi connectivity index (χ1) is 13.2. The highest BCUT2D eigenvalue weighted by Crippen LogP contribution is 2.29. The lowest BCUT2D eigenvalue weighted by Crippen LogP contribution is -2.50. The molecule has 0 radical (unpaired) electrons. The maximum Gasteiger partial charge on any atom is 0.416 e. The lowest BCUT2D eigenvalue weighted by atomic mass is 10.1. The third-order valence-corrected chi connectivity index (χ3v) is 4.71. The molecule has 0 N–H and O–H groups in total. The van der Waals surface area contributed by atoms with E-state index >= 15 is 0 Å². The van der Waals surface area contributed by atoms with Crippen LogP contribution in [0.1, 0.15) is 31.8 Å². The van der Waals surface area contributed by atoms with Gasteiger partial charge >= 0.3 is 6.18 Å². The van der Waals surface area contributed by atoms with E-state index in [9.17, 15) is 27.2 Å². The summed E-state index contributed by atoms with van der Waals surface area (Å²) in [6.07, 6.45) is -4.52. The van der Waals surface area contributed by atoms with Gasteiger partial charge in [0.25, 0.3) is 11.8 Å². The zero-order valence-corrected chi connectivity index (χ0v) is 15.1. The van der Waals surface area contributed by atoms with Gasteiger partial charge in [-0.1, -0.05) is 12.1 Å². The van der Waals surface area contributed by atoms with E-state index in [1.165, 1.54) is 34.1 Å². The van der Waals surface area contributed by atoms with Gasteiger partial charge in [0.15, 0.2) is 0 Å². The van der Waals surface area contributed by atoms with Crippen molar-refractivity contribution in [3.63, 3.8) is 0 Å². The number of benzene rings is 2. The molecule has 1 fully saturated rings. The van der Waals surface area contributed by atoms with E-state index in [1.807, 2.05) is 0 Å². The molecule has 8 heteroatoms. The Hall–Kier alpha value is -2.90. The topological polar surface area (TPSA) is 40.6 Å². The number of amides is 2. The molecule has 0 aromatic heterocycles. The lowest BCUT2D eigenvalue weighted by Gasteiger charge is -2.35. The molecular weight excluding hydrogens is 376 g/mol. The van der Waals surface area contributed by atoms with Gasteiger partial charge in [-0.05, 0) is 42.8 Å². The Morgan fingerprint density at radius 3 is 1.89 bits per heavy atom. The SMILES string of the molecule is Cc1ccc(C(=O)N2CCN(C(=O)c3cccc(C(F)(F)F)c3)CC2)cc1F. The molecule has 0 spiro atoms. The van der Waals surface area contributed by atoms with Gasteiger partial charge in [0.2, 0.25) is 0 Å². The second-order valence-corrected chi connectivity index (χ2v) is 6.63. The van der Waals surface area contributed by atoms with E-state index in [0.29, 0.717) is 5.56 Å². The number of hydrogen-bond donors (Lipinski definition) is 0. The second kappa shape index (κ2) is 7.61. The zero-order valence-electron chi connectivity index (χ0n) is 15.1. The van der Waals surface area contributed by atoms with Gasteiger partial charge in [-0.25, -0.2) is 4.39 Å². The van der Waals surface area contributed by atoms with Crippen molar-refractivity contribution < 1.29 is 27.2 Å². The first-order valence-corrected chi connectivity index (χ1v) is 8.69. The van der Waals surface area contributed by atoms with Crippen LogP contribution >= 0.6 is 0 Å². The molecule has 28 heavy (non-hydrogen) atoms. The Labute approximate surface area is 159 Å². The molecule has 4 nitrogen and oxygen atoms in total. The van der Waals surface area contributed by atoms with E-state index in [1.54, 1.807) is 13.0 Å². The summed E-state index contributed by atoms with van der Waals surface area (Å²) in [7, 11) is 0. The molecule has 3 rings (SSSR count). The maximum atomic E-state index is 13.7. The smallest absolute Gasteiger partial charge is 0.335 e. The van der Waals surface area contributed by atoms with E-state index in [4.69, 9.17) is 0 Å². The van der Waals surface area contributed by atoms with Crippen molar-refractivity contribution in [2.24, 2.45) is 0 Å². The zero-order chi connectivity index (χ0) is 20.5. The average Bonchev–Trinajstić information content (AvgIpc) is 2.68. The highest BCUT2D eigenvalue weighted by molar-refractivity contribution is 5.96. The van der Waals surface area contributed by atoms with Crippen molar-refractivity contribution in [3.8, 4) is 0 Å². The lowest BCUT2D eigenvalue weighted by molar-refractivity contribution is -0.137. The third kappa shape index (κ3) is 4.16. The summed E-state index contributed by atoms with van der Waals surface area (Å²) in [6.45, 7) is 2.42. The van der Waals surface area contributed by atoms with Crippen LogP contribution in [0.25, 0.3) is 0 Å². The summed E-state index contributed by atoms with van der Waals surface area (Å²) < 4.78 is 52.2. The van der Waals surface area contributed by atoms with Crippen LogP contribution in [0.4, 0.5) is 17.6 Å². The Bertz CT molecular complexity index is 903. The quantitative estimate of drug-likeness (QED) is 0.728. The van der Waals surface area contributed by atoms with Gasteiger partial charge < -0.3 is 9.80 Å². The fraction of sp³-hybridized carbons (Fsp3) is 0.300. The van der Waals surface area contributed by atoms with Gasteiger partial charge in [0.05, 0.1) is 5.56 Å². The molecule has 148 valence electrons. The van der Waals surface area contributed by atoms with Crippen LogP contribution in [0.2, 0.25) is 0 Å². The molecule has 1 heterocycles. The molecule has 0 unspecified atom stereocenters. The normalized spacial score (nSPS) is 14.9. The van der Waals surface area contributed by atoms with E-state index in [2.05, 4.69) is 0 Å². The minimum Gasteiger partial charge on any atom is -0.335 e. The Kier molecular flexibility index (Phi) is 5.40. The Balaban J connectivity index is 1.66. The molecule has 2 aromatic carbocycles. The summed E-state index contributed by atoms with van der Waals surface area (Å²) >= 11 is 0. The van der Waals surface area contributed by atoms with Crippen LogP contribution in [-0.4, -0.2) is 47.8 Å². The minimum absolute atomic E-state index is 0.0461. The number of rotatable bonds is 2. The van der Waals surface area contributed by atoms with Crippen molar-refractivity contribution in [2.45, 2.75) is 13.1 Å². The highest BCUT2D eigenvalue weighted by atomic mass is 19.4. The highest BCUT2D eigenvalue weighted by Gasteiger charge is 2.32. The molecule has 2 amide bonds. The van der Waals surface area contributed by atoms with Crippen molar-refractivity contribution in [2.75, 3.05) is 26.2 Å². The third-order valence-electron chi connectivity index (χ3n) is 4.71. The van der Waals surface area contributed by atoms with Gasteiger partial charge in [0.1, 0.15) is 5.82 Å². The fourth-order valence-corrected chi connectivity index (χ4v) is 3.03. The largest absolute Gasteiger partial charge is 0.416 e. The summed E-state index contributed by atoms with van der Waals surface area (Å²) in [5.74, 6) is -1.33. The fourth-order valence-electron chi connectivity index (χ4n) is 3.03. The standard InChI is InChI=1S/C20H18F4N2O2/c1-13-5-6-15(12-17(13)21)19(28)26-9-7-25(8-10-26)18(27)14-3-2-4-16(11-14)20(22,23)24/h2-6,11-12H,7-10H2,1H3. The number of alkyl halides is 3. The van der Waals surface area contributed by atoms with Crippen LogP contribution in [0, 0.1) is 12.7 Å². The van der Waals surface area contributed by atoms with Crippen LogP contribution in [-0.2, 0) is 6.18 Å². The molecule has 2 aromatic rings. The van der Waals surface area contributed by atoms with Crippen molar-refractivity contribution in [1.29, 1.82) is 0 Å². The van der Waals surface area contributed by atoms with Gasteiger partial charge in [0, 0.05) is 37.3 Å². The predicted octanol–water partition coefficient (Wildman–Crippen LogP) is 3.75. The second-order valence-electron chi connectivity index (χ2n) is 6.63. The van der Waals surface area contributed by atoms with Crippen LogP contribution in [0.3, 0.4) is 0 Å². The maximum absolute atomic E-state index is 13.7. The minimum atomic E-state index is -4.52. The molecule has 0 atom stereocenters. The van der Waals surface area contributed by atoms with E-state index < -0.39 is 23.5 Å². The van der Waals surface area contributed by atoms with E-state index in [0.717, 1.165) is 12.1 Å². The molecule has 1 aliphatic rings. The molecule has 1 saturated heterocycles. The van der Waals surface area contributed by atoms with Crippen molar-refractivity contribution in [1.82, 2.24) is 9.80 Å². The van der Waals surface area contributed by atoms with Gasteiger partial charge in [-0.15, -0.1) is 0 Å². The van der Waals surface area contributed by atoms with Gasteiger partial charge in [-0.3, -0.25) is 9.59 Å². The number of halogens is 4. The number of carbonyl (C=O) groups is 2. The molecule has 0 aliphatic carbocycles. The predicted molar refractivity (Wildman–Crippen MR) is 94.4 cm³/mol. The average molecular weight is 394 g/mol. The number of piperazine rings is 1. The summed E-state index contributed by atoms with van der Waals surface area (Å²) in [6, 6.07) is 8.52. The van der Waals surface area contributed by atoms with Crippen LogP contribution in [0.5, 0.6) is 0 Å². The van der Waals surface area contributed by atoms with E-state index in [-0.39, 0.29) is 43.2 Å². The Morgan fingerprint density at radius 1 is 0.857 bits per heavy atom. The molecular formula is C20H18F4N2O2. The van der Waals surface area contributed by atoms with Crippen LogP contribution < -0.4 is 0 Å². The number of nitrogens with zero attached hydrogens (tertiary/aromatic N) is 2. The first-order valence-electron chi connectivity index (χ1n) is 8.69. The summed E-state index contributed by atoms with van der Waals surface area (Å²) in [4.78, 5) is 27.9. The Morgan fingerprint density at radius 2 is 1.39 bits per heavy atom. The molecule has 1 aliphatic heterocycles. The monoisotopic (exact) mass is 394 g/mol. The number of aryl methyl sites for hydroxylation is 1. The van der Waals surface area contributed by atoms with Crippen molar-refractivity contribution in [3.05, 3.63) is 70.5 Å². The molecule has 0 saturated carbocycles. The first kappa shape index (κ1) is 19.9. The molecule has 0 bridgehead atoms. The van der Waals surface area contributed by atoms with Gasteiger partial charge in [-0.2, -0.15) is 13.2 Å². The number of carbonyl (C=O) groups excluding carboxylic acids is 2. The van der Waals surface area contributed by atoms with Crippen molar-refractivity contribution >= 4 is 11.8 Å². The van der Waals surface area contributed by atoms with Crippen LogP contribution in [0.15, 0.2) is 42.5 Å². The number of hydrogen-bond acceptors (Lipinski definition) is 2. The summed E-state index contributed by atoms with van der Waals surface area (Å²) in [5.41, 5.74) is -0.266.